The molecule has 1 aromatic carbocycles. The molecule has 0 aliphatic rings. The Balaban J connectivity index is 2.58. The molecule has 14 heavy (non-hydrogen) atoms. The Morgan fingerprint density at radius 2 is 2.07 bits per heavy atom. The smallest absolute Gasteiger partial charge is 0.0723 e. The molecule has 69 valence electrons. The Hall–Kier alpha value is -1.05. The van der Waals surface area contributed by atoms with E-state index in [4.69, 9.17) is 23.2 Å². The normalized spacial score (nSPS) is 10.1. The summed E-state index contributed by atoms with van der Waals surface area (Å²) in [5.41, 5.74) is 1.61. The van der Waals surface area contributed by atoms with Crippen molar-refractivity contribution in [1.82, 2.24) is 4.98 Å². The van der Waals surface area contributed by atoms with Gasteiger partial charge in [-0.1, -0.05) is 35.3 Å². The highest BCUT2D eigenvalue weighted by Crippen LogP contribution is 2.31. The van der Waals surface area contributed by atoms with Crippen molar-refractivity contribution in [1.29, 1.82) is 0 Å². The average molecular weight is 223 g/mol. The first-order chi connectivity index (χ1) is 6.79. The van der Waals surface area contributed by atoms with Crippen LogP contribution in [-0.2, 0) is 0 Å². The van der Waals surface area contributed by atoms with Crippen molar-refractivity contribution in [2.75, 3.05) is 0 Å². The third-order valence-electron chi connectivity index (χ3n) is 1.83. The van der Waals surface area contributed by atoms with E-state index < -0.39 is 0 Å². The van der Waals surface area contributed by atoms with Crippen LogP contribution in [-0.4, -0.2) is 4.98 Å². The summed E-state index contributed by atoms with van der Waals surface area (Å²) in [6.45, 7) is 0. The second-order valence-electron chi connectivity index (χ2n) is 2.74. The molecule has 0 atom stereocenters. The third-order valence-corrected chi connectivity index (χ3v) is 2.65. The summed E-state index contributed by atoms with van der Waals surface area (Å²) >= 11 is 11.9. The SMILES string of the molecule is Clc1cccc(-c2c[c]ccn2)c1Cl. The molecule has 0 saturated heterocycles. The molecule has 1 nitrogen and oxygen atoms in total. The predicted octanol–water partition coefficient (Wildman–Crippen LogP) is 3.86. The molecule has 2 aromatic rings. The van der Waals surface area contributed by atoms with Crippen LogP contribution < -0.4 is 0 Å². The minimum atomic E-state index is 0.529. The van der Waals surface area contributed by atoms with Gasteiger partial charge in [0.1, 0.15) is 0 Å². The minimum absolute atomic E-state index is 0.529. The zero-order valence-corrected chi connectivity index (χ0v) is 8.68. The zero-order chi connectivity index (χ0) is 9.97. The maximum Gasteiger partial charge on any atom is 0.0723 e. The summed E-state index contributed by atoms with van der Waals surface area (Å²) < 4.78 is 0. The molecule has 0 N–H and O–H groups in total. The molecule has 0 bridgehead atoms. The number of rotatable bonds is 1. The third kappa shape index (κ3) is 1.74. The number of hydrogen-bond donors (Lipinski definition) is 0. The summed E-state index contributed by atoms with van der Waals surface area (Å²) in [4.78, 5) is 4.18. The van der Waals surface area contributed by atoms with Crippen LogP contribution in [0.1, 0.15) is 0 Å². The zero-order valence-electron chi connectivity index (χ0n) is 7.17. The molecule has 1 radical (unpaired) electrons. The molecule has 1 heterocycles. The molecule has 1 aromatic heterocycles. The van der Waals surface area contributed by atoms with Gasteiger partial charge in [-0.2, -0.15) is 0 Å². The standard InChI is InChI=1S/C11H6Cl2N/c12-9-5-3-4-8(11(9)13)10-6-1-2-7-14-10/h2-7H. The first-order valence-corrected chi connectivity index (χ1v) is 4.81. The van der Waals surface area contributed by atoms with E-state index >= 15 is 0 Å². The van der Waals surface area contributed by atoms with Crippen LogP contribution in [0.15, 0.2) is 36.5 Å². The molecular weight excluding hydrogens is 217 g/mol. The van der Waals surface area contributed by atoms with Gasteiger partial charge in [-0.05, 0) is 24.3 Å². The molecule has 0 unspecified atom stereocenters. The molecule has 0 spiro atoms. The number of aromatic nitrogens is 1. The number of nitrogens with zero attached hydrogens (tertiary/aromatic N) is 1. The predicted molar refractivity (Wildman–Crippen MR) is 58.5 cm³/mol. The summed E-state index contributed by atoms with van der Waals surface area (Å²) in [6, 6.07) is 11.9. The summed E-state index contributed by atoms with van der Waals surface area (Å²) in [6.07, 6.45) is 1.67. The van der Waals surface area contributed by atoms with Crippen LogP contribution in [0, 0.1) is 6.07 Å². The van der Waals surface area contributed by atoms with Crippen LogP contribution >= 0.6 is 23.2 Å². The maximum absolute atomic E-state index is 6.04. The van der Waals surface area contributed by atoms with Crippen molar-refractivity contribution in [3.8, 4) is 11.3 Å². The Labute approximate surface area is 92.3 Å². The van der Waals surface area contributed by atoms with Crippen molar-refractivity contribution in [3.05, 3.63) is 52.6 Å². The van der Waals surface area contributed by atoms with Crippen molar-refractivity contribution >= 4 is 23.2 Å². The van der Waals surface area contributed by atoms with E-state index in [9.17, 15) is 0 Å². The second-order valence-corrected chi connectivity index (χ2v) is 3.53. The van der Waals surface area contributed by atoms with Gasteiger partial charge in [0, 0.05) is 11.8 Å². The maximum atomic E-state index is 6.04. The van der Waals surface area contributed by atoms with Gasteiger partial charge in [-0.3, -0.25) is 4.98 Å². The fourth-order valence-corrected chi connectivity index (χ4v) is 1.57. The Morgan fingerprint density at radius 1 is 1.21 bits per heavy atom. The van der Waals surface area contributed by atoms with Crippen molar-refractivity contribution in [2.24, 2.45) is 0 Å². The van der Waals surface area contributed by atoms with E-state index in [0.29, 0.717) is 10.0 Å². The van der Waals surface area contributed by atoms with Crippen molar-refractivity contribution in [3.63, 3.8) is 0 Å². The topological polar surface area (TPSA) is 12.9 Å². The van der Waals surface area contributed by atoms with Gasteiger partial charge in [0.05, 0.1) is 15.7 Å². The average Bonchev–Trinajstić information content (AvgIpc) is 2.23. The van der Waals surface area contributed by atoms with Crippen LogP contribution in [0.5, 0.6) is 0 Å². The molecular formula is C11H6Cl2N. The quantitative estimate of drug-likeness (QED) is 0.715. The number of hydrogen-bond acceptors (Lipinski definition) is 1. The van der Waals surface area contributed by atoms with E-state index in [2.05, 4.69) is 11.1 Å². The van der Waals surface area contributed by atoms with E-state index in [1.165, 1.54) is 0 Å². The van der Waals surface area contributed by atoms with E-state index in [1.54, 1.807) is 24.4 Å². The minimum Gasteiger partial charge on any atom is -0.256 e. The second kappa shape index (κ2) is 3.99. The van der Waals surface area contributed by atoms with E-state index in [-0.39, 0.29) is 0 Å². The highest BCUT2D eigenvalue weighted by atomic mass is 35.5. The van der Waals surface area contributed by atoms with Crippen molar-refractivity contribution < 1.29 is 0 Å². The highest BCUT2D eigenvalue weighted by Gasteiger charge is 2.06. The van der Waals surface area contributed by atoms with Gasteiger partial charge in [-0.25, -0.2) is 0 Å². The molecule has 0 fully saturated rings. The van der Waals surface area contributed by atoms with Crippen LogP contribution in [0.2, 0.25) is 10.0 Å². The Kier molecular flexibility index (Phi) is 2.71. The molecule has 0 aliphatic heterocycles. The molecule has 3 heteroatoms. The fraction of sp³-hybridized carbons (Fsp3) is 0. The van der Waals surface area contributed by atoms with Gasteiger partial charge in [0.25, 0.3) is 0 Å². The number of benzene rings is 1. The number of pyridine rings is 1. The lowest BCUT2D eigenvalue weighted by molar-refractivity contribution is 1.32. The molecule has 0 amide bonds. The van der Waals surface area contributed by atoms with Crippen LogP contribution in [0.3, 0.4) is 0 Å². The lowest BCUT2D eigenvalue weighted by Gasteiger charge is -2.03. The van der Waals surface area contributed by atoms with Gasteiger partial charge < -0.3 is 0 Å². The van der Waals surface area contributed by atoms with Gasteiger partial charge in [0.2, 0.25) is 0 Å². The first kappa shape index (κ1) is 9.50. The molecule has 0 saturated carbocycles. The Bertz CT molecular complexity index is 440. The molecule has 2 rings (SSSR count). The highest BCUT2D eigenvalue weighted by molar-refractivity contribution is 6.43. The van der Waals surface area contributed by atoms with Crippen LogP contribution in [0.4, 0.5) is 0 Å². The summed E-state index contributed by atoms with van der Waals surface area (Å²) in [5.74, 6) is 0. The van der Waals surface area contributed by atoms with Gasteiger partial charge >= 0.3 is 0 Å². The monoisotopic (exact) mass is 222 g/mol. The fourth-order valence-electron chi connectivity index (χ4n) is 1.17. The van der Waals surface area contributed by atoms with Gasteiger partial charge in [0.15, 0.2) is 0 Å². The van der Waals surface area contributed by atoms with E-state index in [0.717, 1.165) is 11.3 Å². The summed E-state index contributed by atoms with van der Waals surface area (Å²) in [7, 11) is 0. The lowest BCUT2D eigenvalue weighted by atomic mass is 10.1. The summed E-state index contributed by atoms with van der Waals surface area (Å²) in [5, 5.41) is 1.07. The van der Waals surface area contributed by atoms with Crippen LogP contribution in [0.25, 0.3) is 11.3 Å². The largest absolute Gasteiger partial charge is 0.256 e. The lowest BCUT2D eigenvalue weighted by Crippen LogP contribution is -1.83. The first-order valence-electron chi connectivity index (χ1n) is 4.05. The number of halogens is 2. The van der Waals surface area contributed by atoms with E-state index in [1.807, 2.05) is 12.1 Å². The van der Waals surface area contributed by atoms with Gasteiger partial charge in [-0.15, -0.1) is 0 Å². The Morgan fingerprint density at radius 3 is 2.79 bits per heavy atom. The molecule has 0 aliphatic carbocycles. The van der Waals surface area contributed by atoms with Crippen molar-refractivity contribution in [2.45, 2.75) is 0 Å².